The maximum Gasteiger partial charge on any atom is 0.0561 e. The fourth-order valence-corrected chi connectivity index (χ4v) is 8.96. The highest BCUT2D eigenvalue weighted by Gasteiger charge is 2.21. The van der Waals surface area contributed by atoms with E-state index in [1.807, 2.05) is 0 Å². The Bertz CT molecular complexity index is 3200. The molecule has 10 aromatic carbocycles. The molecule has 2 nitrogen and oxygen atoms in total. The standard InChI is InChI=1S/C60H42N2/c1-5-17-43(18-6-1)45-29-33-47(34-30-45)50-39-51(48-35-31-46(32-36-48)44-19-7-2-8-20-44)41-54(40-50)61(58-27-15-13-25-55(58)49-21-9-3-10-22-49)53-37-38-57-56-26-14-16-28-59(56)62(60(57)42-53)52-23-11-4-12-24-52/h1-42H. The van der Waals surface area contributed by atoms with Crippen LogP contribution in [0.5, 0.6) is 0 Å². The topological polar surface area (TPSA) is 8.17 Å². The Labute approximate surface area is 362 Å². The molecule has 0 saturated heterocycles. The number of nitrogens with zero attached hydrogens (tertiary/aromatic N) is 2. The summed E-state index contributed by atoms with van der Waals surface area (Å²) >= 11 is 0. The third-order valence-electron chi connectivity index (χ3n) is 12.0. The molecule has 0 atom stereocenters. The molecule has 11 rings (SSSR count). The quantitative estimate of drug-likeness (QED) is 0.141. The largest absolute Gasteiger partial charge is 0.310 e. The maximum absolute atomic E-state index is 2.46. The summed E-state index contributed by atoms with van der Waals surface area (Å²) in [4.78, 5) is 2.46. The Balaban J connectivity index is 1.15. The molecule has 62 heavy (non-hydrogen) atoms. The summed E-state index contributed by atoms with van der Waals surface area (Å²) in [6.45, 7) is 0. The Morgan fingerprint density at radius 3 is 1.27 bits per heavy atom. The zero-order valence-corrected chi connectivity index (χ0v) is 34.1. The van der Waals surface area contributed by atoms with Crippen LogP contribution in [0.2, 0.25) is 0 Å². The molecule has 0 fully saturated rings. The first-order valence-corrected chi connectivity index (χ1v) is 21.3. The van der Waals surface area contributed by atoms with Crippen molar-refractivity contribution in [2.24, 2.45) is 0 Å². The van der Waals surface area contributed by atoms with E-state index in [0.717, 1.165) is 61.6 Å². The summed E-state index contributed by atoms with van der Waals surface area (Å²) in [6.07, 6.45) is 0. The van der Waals surface area contributed by atoms with Crippen molar-refractivity contribution in [3.05, 3.63) is 255 Å². The molecule has 0 aliphatic carbocycles. The second-order valence-corrected chi connectivity index (χ2v) is 15.8. The molecule has 0 amide bonds. The van der Waals surface area contributed by atoms with Gasteiger partial charge in [-0.05, 0) is 105 Å². The monoisotopic (exact) mass is 790 g/mol. The normalized spacial score (nSPS) is 11.2. The summed E-state index contributed by atoms with van der Waals surface area (Å²) in [6, 6.07) is 92.2. The molecular formula is C60H42N2. The molecule has 0 aliphatic rings. The fourth-order valence-electron chi connectivity index (χ4n) is 8.96. The Morgan fingerprint density at radius 1 is 0.258 bits per heavy atom. The van der Waals surface area contributed by atoms with E-state index in [0.29, 0.717) is 0 Å². The van der Waals surface area contributed by atoms with E-state index in [-0.39, 0.29) is 0 Å². The highest BCUT2D eigenvalue weighted by molar-refractivity contribution is 6.10. The number of hydrogen-bond acceptors (Lipinski definition) is 1. The predicted molar refractivity (Wildman–Crippen MR) is 263 cm³/mol. The number of benzene rings is 10. The van der Waals surface area contributed by atoms with Crippen molar-refractivity contribution in [1.82, 2.24) is 4.57 Å². The average molecular weight is 791 g/mol. The predicted octanol–water partition coefficient (Wildman–Crippen LogP) is 16.6. The third kappa shape index (κ3) is 6.94. The number of rotatable bonds is 9. The molecule has 0 aliphatic heterocycles. The van der Waals surface area contributed by atoms with Crippen LogP contribution in [0.3, 0.4) is 0 Å². The highest BCUT2D eigenvalue weighted by atomic mass is 15.1. The van der Waals surface area contributed by atoms with Gasteiger partial charge in [-0.3, -0.25) is 0 Å². The second-order valence-electron chi connectivity index (χ2n) is 15.8. The van der Waals surface area contributed by atoms with Gasteiger partial charge >= 0.3 is 0 Å². The van der Waals surface area contributed by atoms with Gasteiger partial charge in [0, 0.05) is 33.4 Å². The number of fused-ring (bicyclic) bond motifs is 3. The highest BCUT2D eigenvalue weighted by Crippen LogP contribution is 2.45. The van der Waals surface area contributed by atoms with Gasteiger partial charge in [-0.1, -0.05) is 200 Å². The van der Waals surface area contributed by atoms with Crippen LogP contribution >= 0.6 is 0 Å². The van der Waals surface area contributed by atoms with Crippen LogP contribution in [0.25, 0.3) is 83.1 Å². The Morgan fingerprint density at radius 2 is 0.694 bits per heavy atom. The lowest BCUT2D eigenvalue weighted by atomic mass is 9.94. The summed E-state index contributed by atoms with van der Waals surface area (Å²) in [5, 5.41) is 2.45. The first-order chi connectivity index (χ1) is 30.7. The van der Waals surface area contributed by atoms with Crippen molar-refractivity contribution in [3.63, 3.8) is 0 Å². The summed E-state index contributed by atoms with van der Waals surface area (Å²) in [7, 11) is 0. The lowest BCUT2D eigenvalue weighted by molar-refractivity contribution is 1.18. The van der Waals surface area contributed by atoms with Crippen LogP contribution in [0.4, 0.5) is 17.1 Å². The Hall–Kier alpha value is -8.20. The summed E-state index contributed by atoms with van der Waals surface area (Å²) in [5.41, 5.74) is 18.4. The number of anilines is 3. The van der Waals surface area contributed by atoms with Crippen LogP contribution in [-0.2, 0) is 0 Å². The molecule has 2 heteroatoms. The zero-order chi connectivity index (χ0) is 41.2. The molecule has 11 aromatic rings. The summed E-state index contributed by atoms with van der Waals surface area (Å²) < 4.78 is 2.40. The Kier molecular flexibility index (Phi) is 9.57. The first-order valence-electron chi connectivity index (χ1n) is 21.3. The fraction of sp³-hybridized carbons (Fsp3) is 0. The van der Waals surface area contributed by atoms with Gasteiger partial charge in [0.2, 0.25) is 0 Å². The maximum atomic E-state index is 2.46. The van der Waals surface area contributed by atoms with E-state index >= 15 is 0 Å². The van der Waals surface area contributed by atoms with Crippen LogP contribution in [0, 0.1) is 0 Å². The molecule has 292 valence electrons. The molecule has 1 aromatic heterocycles. The second kappa shape index (κ2) is 16.1. The molecule has 0 N–H and O–H groups in total. The third-order valence-corrected chi connectivity index (χ3v) is 12.0. The molecule has 0 radical (unpaired) electrons. The van der Waals surface area contributed by atoms with Gasteiger partial charge in [-0.2, -0.15) is 0 Å². The smallest absolute Gasteiger partial charge is 0.0561 e. The van der Waals surface area contributed by atoms with E-state index in [9.17, 15) is 0 Å². The lowest BCUT2D eigenvalue weighted by Crippen LogP contribution is -2.12. The molecule has 1 heterocycles. The number of aromatic nitrogens is 1. The van der Waals surface area contributed by atoms with Gasteiger partial charge in [-0.25, -0.2) is 0 Å². The van der Waals surface area contributed by atoms with Crippen molar-refractivity contribution >= 4 is 38.9 Å². The van der Waals surface area contributed by atoms with Crippen LogP contribution in [-0.4, -0.2) is 4.57 Å². The van der Waals surface area contributed by atoms with E-state index in [1.165, 1.54) is 38.5 Å². The van der Waals surface area contributed by atoms with E-state index in [4.69, 9.17) is 0 Å². The van der Waals surface area contributed by atoms with Gasteiger partial charge in [0.15, 0.2) is 0 Å². The van der Waals surface area contributed by atoms with Crippen molar-refractivity contribution in [1.29, 1.82) is 0 Å². The average Bonchev–Trinajstić information content (AvgIpc) is 3.69. The molecule has 0 unspecified atom stereocenters. The molecule has 0 spiro atoms. The molecule has 0 bridgehead atoms. The van der Waals surface area contributed by atoms with Gasteiger partial charge in [0.25, 0.3) is 0 Å². The summed E-state index contributed by atoms with van der Waals surface area (Å²) in [5.74, 6) is 0. The minimum absolute atomic E-state index is 1.07. The minimum atomic E-state index is 1.07. The van der Waals surface area contributed by atoms with Crippen molar-refractivity contribution in [3.8, 4) is 61.3 Å². The van der Waals surface area contributed by atoms with E-state index < -0.39 is 0 Å². The molecule has 0 saturated carbocycles. The van der Waals surface area contributed by atoms with E-state index in [1.54, 1.807) is 0 Å². The van der Waals surface area contributed by atoms with Crippen molar-refractivity contribution in [2.45, 2.75) is 0 Å². The van der Waals surface area contributed by atoms with Crippen LogP contribution < -0.4 is 4.90 Å². The van der Waals surface area contributed by atoms with Crippen LogP contribution in [0.1, 0.15) is 0 Å². The minimum Gasteiger partial charge on any atom is -0.310 e. The van der Waals surface area contributed by atoms with Crippen LogP contribution in [0.15, 0.2) is 255 Å². The first kappa shape index (κ1) is 36.8. The molecular weight excluding hydrogens is 749 g/mol. The van der Waals surface area contributed by atoms with Gasteiger partial charge in [0.05, 0.1) is 16.7 Å². The number of hydrogen-bond donors (Lipinski definition) is 0. The van der Waals surface area contributed by atoms with Crippen molar-refractivity contribution in [2.75, 3.05) is 4.90 Å². The van der Waals surface area contributed by atoms with Gasteiger partial charge in [-0.15, -0.1) is 0 Å². The van der Waals surface area contributed by atoms with Crippen molar-refractivity contribution < 1.29 is 0 Å². The lowest BCUT2D eigenvalue weighted by Gasteiger charge is -2.29. The zero-order valence-electron chi connectivity index (χ0n) is 34.1. The van der Waals surface area contributed by atoms with Gasteiger partial charge in [0.1, 0.15) is 0 Å². The van der Waals surface area contributed by atoms with E-state index in [2.05, 4.69) is 264 Å². The SMILES string of the molecule is c1ccc(-c2ccc(-c3cc(-c4ccc(-c5ccccc5)cc4)cc(N(c4ccc5c6ccccc6n(-c6ccccc6)c5c4)c4ccccc4-c4ccccc4)c3)cc2)cc1. The number of para-hydroxylation sites is 3. The van der Waals surface area contributed by atoms with Gasteiger partial charge < -0.3 is 9.47 Å².